The first kappa shape index (κ1) is 30.7. The van der Waals surface area contributed by atoms with Crippen LogP contribution in [0.15, 0.2) is 28.9 Å². The number of rotatable bonds is 12. The molecule has 1 aliphatic heterocycles. The van der Waals surface area contributed by atoms with Gasteiger partial charge in [0.15, 0.2) is 0 Å². The van der Waals surface area contributed by atoms with E-state index in [1.54, 1.807) is 24.9 Å². The molecule has 220 valence electrons. The summed E-state index contributed by atoms with van der Waals surface area (Å²) in [6, 6.07) is 3.81. The molecule has 0 radical (unpaired) electrons. The summed E-state index contributed by atoms with van der Waals surface area (Å²) in [5.74, 6) is 0.360. The Morgan fingerprint density at radius 2 is 2.10 bits per heavy atom. The first-order valence-electron chi connectivity index (χ1n) is 13.4. The highest BCUT2D eigenvalue weighted by Crippen LogP contribution is 2.44. The molecule has 0 atom stereocenters. The predicted molar refractivity (Wildman–Crippen MR) is 163 cm³/mol. The van der Waals surface area contributed by atoms with E-state index >= 15 is 0 Å². The van der Waals surface area contributed by atoms with E-state index in [-0.39, 0.29) is 19.2 Å². The van der Waals surface area contributed by atoms with E-state index in [4.69, 9.17) is 31.9 Å². The highest BCUT2D eigenvalue weighted by molar-refractivity contribution is 7.98. The lowest BCUT2D eigenvalue weighted by molar-refractivity contribution is -0.141. The van der Waals surface area contributed by atoms with Gasteiger partial charge in [-0.2, -0.15) is 5.10 Å². The second-order valence-electron chi connectivity index (χ2n) is 9.82. The zero-order chi connectivity index (χ0) is 29.7. The lowest BCUT2D eigenvalue weighted by Crippen LogP contribution is -2.11. The van der Waals surface area contributed by atoms with Crippen LogP contribution >= 0.6 is 23.4 Å². The van der Waals surface area contributed by atoms with Gasteiger partial charge >= 0.3 is 11.9 Å². The molecule has 4 rings (SSSR count). The Labute approximate surface area is 248 Å². The number of hydrogen-bond acceptors (Lipinski definition) is 9. The van der Waals surface area contributed by atoms with Crippen molar-refractivity contribution in [2.45, 2.75) is 44.9 Å². The average molecular weight is 602 g/mol. The van der Waals surface area contributed by atoms with Gasteiger partial charge in [-0.1, -0.05) is 17.7 Å². The molecule has 12 heteroatoms. The van der Waals surface area contributed by atoms with E-state index in [2.05, 4.69) is 9.67 Å². The van der Waals surface area contributed by atoms with Crippen molar-refractivity contribution in [1.82, 2.24) is 14.3 Å². The zero-order valence-electron chi connectivity index (χ0n) is 23.8. The summed E-state index contributed by atoms with van der Waals surface area (Å²) < 4.78 is 14.2. The first-order chi connectivity index (χ1) is 19.7. The van der Waals surface area contributed by atoms with Gasteiger partial charge in [-0.3, -0.25) is 14.5 Å². The van der Waals surface area contributed by atoms with E-state index in [0.717, 1.165) is 58.4 Å². The number of aliphatic hydroxyl groups excluding tert-OH is 1. The van der Waals surface area contributed by atoms with E-state index in [9.17, 15) is 14.7 Å². The molecule has 2 aromatic heterocycles. The minimum atomic E-state index is -0.440. The number of esters is 2. The number of carbonyl (C=O) groups excluding carboxylic acids is 2. The fraction of sp³-hybridized carbons (Fsp3) is 0.448. The monoisotopic (exact) mass is 601 g/mol. The Balaban J connectivity index is 1.79. The molecule has 3 N–H and O–H groups in total. The molecule has 10 nitrogen and oxygen atoms in total. The number of aliphatic hydroxyl groups is 1. The molecule has 0 amide bonds. The van der Waals surface area contributed by atoms with Crippen molar-refractivity contribution < 1.29 is 24.2 Å². The van der Waals surface area contributed by atoms with Crippen LogP contribution in [-0.2, 0) is 46.5 Å². The normalized spacial score (nSPS) is 13.6. The van der Waals surface area contributed by atoms with Gasteiger partial charge in [-0.05, 0) is 43.4 Å². The number of carbonyl (C=O) groups is 2. The number of thioether (sulfide) groups is 1. The van der Waals surface area contributed by atoms with Gasteiger partial charge in [0.05, 0.1) is 42.3 Å². The first-order valence-corrected chi connectivity index (χ1v) is 15.0. The number of halogens is 1. The Morgan fingerprint density at radius 3 is 2.78 bits per heavy atom. The Hall–Kier alpha value is -3.28. The molecule has 1 aromatic carbocycles. The third-order valence-corrected chi connectivity index (χ3v) is 8.47. The summed E-state index contributed by atoms with van der Waals surface area (Å²) in [6.07, 6.45) is 4.64. The molecule has 0 saturated heterocycles. The minimum absolute atomic E-state index is 0.168. The van der Waals surface area contributed by atoms with E-state index in [1.807, 2.05) is 23.7 Å². The van der Waals surface area contributed by atoms with E-state index < -0.39 is 5.97 Å². The molecular weight excluding hydrogens is 566 g/mol. The molecule has 0 saturated carbocycles. The summed E-state index contributed by atoms with van der Waals surface area (Å²) in [4.78, 5) is 28.3. The minimum Gasteiger partial charge on any atom is -0.466 e. The van der Waals surface area contributed by atoms with Gasteiger partial charge in [0.1, 0.15) is 5.69 Å². The van der Waals surface area contributed by atoms with E-state index in [0.29, 0.717) is 46.5 Å². The van der Waals surface area contributed by atoms with Gasteiger partial charge in [-0.25, -0.2) is 4.79 Å². The molecule has 3 heterocycles. The smallest absolute Gasteiger partial charge is 0.354 e. The van der Waals surface area contributed by atoms with Crippen LogP contribution in [0.4, 0.5) is 0 Å². The summed E-state index contributed by atoms with van der Waals surface area (Å²) in [5, 5.41) is 15.8. The molecule has 41 heavy (non-hydrogen) atoms. The van der Waals surface area contributed by atoms with Crippen LogP contribution in [0.2, 0.25) is 5.02 Å². The molecular formula is C29H36ClN5O5S. The van der Waals surface area contributed by atoms with Crippen LogP contribution in [0.1, 0.15) is 47.2 Å². The van der Waals surface area contributed by atoms with Crippen molar-refractivity contribution >= 4 is 51.9 Å². The summed E-state index contributed by atoms with van der Waals surface area (Å²) in [5.41, 5.74) is 13.3. The molecule has 0 fully saturated rings. The predicted octanol–water partition coefficient (Wildman–Crippen LogP) is 4.06. The number of aliphatic imine (C=N–C) groups is 1. The highest BCUT2D eigenvalue weighted by Gasteiger charge is 2.30. The molecule has 0 unspecified atom stereocenters. The Bertz CT molecular complexity index is 1520. The molecule has 0 spiro atoms. The SMILES string of the molecule is CN=C(C=C(N)CSCc1nn2c(c1-c1c(Cl)ccc3c(CCCOC(C)=O)c(C(=O)OC)n(C)c13)CCC2)CO. The number of nitrogens with zero attached hydrogens (tertiary/aromatic N) is 4. The number of hydrogen-bond donors (Lipinski definition) is 2. The Kier molecular flexibility index (Phi) is 10.2. The lowest BCUT2D eigenvalue weighted by Gasteiger charge is -2.12. The topological polar surface area (TPSA) is 134 Å². The van der Waals surface area contributed by atoms with Crippen molar-refractivity contribution in [2.75, 3.05) is 33.1 Å². The second-order valence-corrected chi connectivity index (χ2v) is 11.2. The molecule has 1 aliphatic rings. The van der Waals surface area contributed by atoms with Crippen molar-refractivity contribution in [3.63, 3.8) is 0 Å². The highest BCUT2D eigenvalue weighted by atomic mass is 35.5. The number of benzene rings is 1. The largest absolute Gasteiger partial charge is 0.466 e. The standard InChI is InChI=1S/C29H36ClN5O5S/c1-17(37)40-12-6-7-20-21-9-10-22(30)25(27(21)34(3)28(20)29(38)39-4)26-23(33-35-11-5-8-24(26)35)16-41-15-18(31)13-19(14-36)32-2/h9-10,13,36H,5-8,11-12,14-16,31H2,1-4H3. The van der Waals surface area contributed by atoms with Crippen LogP contribution < -0.4 is 5.73 Å². The maximum absolute atomic E-state index is 13.0. The van der Waals surface area contributed by atoms with Gasteiger partial charge in [-0.15, -0.1) is 11.8 Å². The zero-order valence-corrected chi connectivity index (χ0v) is 25.4. The summed E-state index contributed by atoms with van der Waals surface area (Å²) >= 11 is 8.57. The van der Waals surface area contributed by atoms with Crippen molar-refractivity contribution in [3.05, 3.63) is 51.6 Å². The summed E-state index contributed by atoms with van der Waals surface area (Å²) in [6.45, 7) is 2.30. The number of aromatic nitrogens is 3. The third-order valence-electron chi connectivity index (χ3n) is 7.14. The van der Waals surface area contributed by atoms with Gasteiger partial charge in [0.25, 0.3) is 0 Å². The molecule has 0 aliphatic carbocycles. The maximum atomic E-state index is 13.0. The number of fused-ring (bicyclic) bond motifs is 2. The van der Waals surface area contributed by atoms with Gasteiger partial charge in [0, 0.05) is 67.0 Å². The fourth-order valence-electron chi connectivity index (χ4n) is 5.39. The molecule has 0 bridgehead atoms. The Morgan fingerprint density at radius 1 is 1.32 bits per heavy atom. The summed E-state index contributed by atoms with van der Waals surface area (Å²) in [7, 11) is 4.83. The van der Waals surface area contributed by atoms with Crippen LogP contribution in [0.25, 0.3) is 22.0 Å². The lowest BCUT2D eigenvalue weighted by atomic mass is 9.97. The van der Waals surface area contributed by atoms with Gasteiger partial charge in [0.2, 0.25) is 0 Å². The third kappa shape index (κ3) is 6.47. The number of ether oxygens (including phenoxy) is 2. The quantitative estimate of drug-likeness (QED) is 0.180. The van der Waals surface area contributed by atoms with Crippen molar-refractivity contribution in [2.24, 2.45) is 17.8 Å². The van der Waals surface area contributed by atoms with Gasteiger partial charge < -0.3 is 24.9 Å². The van der Waals surface area contributed by atoms with Crippen LogP contribution in [-0.4, -0.2) is 70.2 Å². The number of nitrogens with two attached hydrogens (primary N) is 1. The van der Waals surface area contributed by atoms with E-state index in [1.165, 1.54) is 14.0 Å². The fourth-order valence-corrected chi connectivity index (χ4v) is 6.46. The average Bonchev–Trinajstić information content (AvgIpc) is 3.61. The van der Waals surface area contributed by atoms with Crippen LogP contribution in [0, 0.1) is 0 Å². The maximum Gasteiger partial charge on any atom is 0.354 e. The number of methoxy groups -OCH3 is 1. The number of aryl methyl sites for hydroxylation is 3. The van der Waals surface area contributed by atoms with Crippen molar-refractivity contribution in [3.8, 4) is 11.1 Å². The molecule has 3 aromatic rings. The van der Waals surface area contributed by atoms with Crippen molar-refractivity contribution in [1.29, 1.82) is 0 Å². The second kappa shape index (κ2) is 13.6. The van der Waals surface area contributed by atoms with Crippen LogP contribution in [0.5, 0.6) is 0 Å². The van der Waals surface area contributed by atoms with Crippen LogP contribution in [0.3, 0.4) is 0 Å².